The molecule has 37 heavy (non-hydrogen) atoms. The molecular weight excluding hydrogens is 461 g/mol. The first kappa shape index (κ1) is 23.9. The molecule has 3 aromatic rings. The van der Waals surface area contributed by atoms with E-state index in [9.17, 15) is 9.18 Å². The van der Waals surface area contributed by atoms with Gasteiger partial charge in [-0.05, 0) is 85.0 Å². The van der Waals surface area contributed by atoms with Gasteiger partial charge in [-0.2, -0.15) is 0 Å². The number of likely N-dealkylation sites (tertiary alicyclic amines) is 1. The van der Waals surface area contributed by atoms with E-state index in [-0.39, 0.29) is 11.3 Å². The molecule has 3 aliphatic rings. The third-order valence-corrected chi connectivity index (χ3v) is 9.05. The number of amides is 1. The van der Waals surface area contributed by atoms with Crippen LogP contribution in [0.3, 0.4) is 0 Å². The maximum Gasteiger partial charge on any atom is 0.256 e. The first-order valence-corrected chi connectivity index (χ1v) is 13.4. The van der Waals surface area contributed by atoms with Gasteiger partial charge >= 0.3 is 0 Å². The number of rotatable bonds is 4. The molecule has 1 saturated carbocycles. The highest BCUT2D eigenvalue weighted by atomic mass is 19.1. The van der Waals surface area contributed by atoms with Crippen LogP contribution in [0.4, 0.5) is 15.8 Å². The highest BCUT2D eigenvalue weighted by Gasteiger charge is 2.45. The zero-order valence-electron chi connectivity index (χ0n) is 21.3. The molecule has 2 fully saturated rings. The molecular formula is C32H34FN3O. The van der Waals surface area contributed by atoms with Gasteiger partial charge in [-0.3, -0.25) is 4.79 Å². The Kier molecular flexibility index (Phi) is 6.12. The second-order valence-electron chi connectivity index (χ2n) is 11.0. The molecule has 0 bridgehead atoms. The Balaban J connectivity index is 1.15. The van der Waals surface area contributed by atoms with Crippen LogP contribution in [0.2, 0.25) is 0 Å². The molecule has 0 aromatic heterocycles. The van der Waals surface area contributed by atoms with Crippen LogP contribution in [0.1, 0.15) is 65.6 Å². The summed E-state index contributed by atoms with van der Waals surface area (Å²) in [7, 11) is 0. The molecule has 3 unspecified atom stereocenters. The molecule has 3 N–H and O–H groups in total. The van der Waals surface area contributed by atoms with Gasteiger partial charge in [0.05, 0.1) is 11.4 Å². The van der Waals surface area contributed by atoms with Crippen molar-refractivity contribution >= 4 is 23.4 Å². The number of hydrogen-bond donors (Lipinski definition) is 2. The number of carbonyl (C=O) groups is 1. The van der Waals surface area contributed by atoms with E-state index in [0.717, 1.165) is 44.3 Å². The lowest BCUT2D eigenvalue weighted by atomic mass is 9.68. The summed E-state index contributed by atoms with van der Waals surface area (Å²) in [6, 6.07) is 21.2. The minimum absolute atomic E-state index is 0.161. The van der Waals surface area contributed by atoms with Crippen molar-refractivity contribution in [2.24, 2.45) is 5.92 Å². The van der Waals surface area contributed by atoms with E-state index in [4.69, 9.17) is 5.73 Å². The third-order valence-electron chi connectivity index (χ3n) is 9.05. The summed E-state index contributed by atoms with van der Waals surface area (Å²) in [5.41, 5.74) is 11.4. The van der Waals surface area contributed by atoms with Crippen molar-refractivity contribution in [3.63, 3.8) is 0 Å². The summed E-state index contributed by atoms with van der Waals surface area (Å²) >= 11 is 0. The van der Waals surface area contributed by atoms with Gasteiger partial charge in [0.2, 0.25) is 0 Å². The molecule has 4 nitrogen and oxygen atoms in total. The van der Waals surface area contributed by atoms with Crippen molar-refractivity contribution in [1.82, 2.24) is 4.90 Å². The summed E-state index contributed by atoms with van der Waals surface area (Å²) in [5.74, 6) is 0.215. The highest BCUT2D eigenvalue weighted by molar-refractivity contribution is 6.06. The largest absolute Gasteiger partial charge is 0.397 e. The zero-order valence-corrected chi connectivity index (χ0v) is 21.3. The number of fused-ring (bicyclic) bond motifs is 2. The van der Waals surface area contributed by atoms with Gasteiger partial charge in [0.1, 0.15) is 5.82 Å². The van der Waals surface area contributed by atoms with Crippen LogP contribution in [-0.4, -0.2) is 29.9 Å². The summed E-state index contributed by atoms with van der Waals surface area (Å²) < 4.78 is 13.7. The summed E-state index contributed by atoms with van der Waals surface area (Å²) in [6.07, 6.45) is 9.18. The van der Waals surface area contributed by atoms with Crippen molar-refractivity contribution in [2.75, 3.05) is 24.1 Å². The number of anilines is 2. The normalized spacial score (nSPS) is 26.9. The van der Waals surface area contributed by atoms with Crippen molar-refractivity contribution in [2.45, 2.75) is 50.0 Å². The molecule has 2 aliphatic carbocycles. The van der Waals surface area contributed by atoms with Gasteiger partial charge in [-0.15, -0.1) is 0 Å². The van der Waals surface area contributed by atoms with E-state index in [2.05, 4.69) is 59.6 Å². The molecule has 1 heterocycles. The Morgan fingerprint density at radius 1 is 1.08 bits per heavy atom. The molecule has 6 rings (SSSR count). The van der Waals surface area contributed by atoms with Crippen LogP contribution in [0.25, 0.3) is 6.08 Å². The zero-order chi connectivity index (χ0) is 25.6. The molecule has 1 aliphatic heterocycles. The van der Waals surface area contributed by atoms with E-state index in [1.165, 1.54) is 29.3 Å². The minimum atomic E-state index is -0.425. The number of benzene rings is 3. The highest BCUT2D eigenvalue weighted by Crippen LogP contribution is 2.48. The van der Waals surface area contributed by atoms with Crippen LogP contribution >= 0.6 is 0 Å². The number of nitrogens with one attached hydrogen (secondary N) is 1. The topological polar surface area (TPSA) is 58.4 Å². The molecule has 1 spiro atoms. The van der Waals surface area contributed by atoms with E-state index < -0.39 is 5.82 Å². The van der Waals surface area contributed by atoms with Crippen LogP contribution in [0, 0.1) is 11.7 Å². The number of nitrogens with zero attached hydrogens (tertiary/aromatic N) is 1. The lowest BCUT2D eigenvalue weighted by Crippen LogP contribution is -2.50. The van der Waals surface area contributed by atoms with Crippen molar-refractivity contribution in [3.05, 3.63) is 101 Å². The van der Waals surface area contributed by atoms with Crippen LogP contribution in [0.15, 0.2) is 72.8 Å². The molecule has 190 valence electrons. The fraction of sp³-hybridized carbons (Fsp3) is 0.344. The molecule has 0 radical (unpaired) electrons. The smallest absolute Gasteiger partial charge is 0.256 e. The monoisotopic (exact) mass is 495 g/mol. The molecule has 1 amide bonds. The Bertz CT molecular complexity index is 1370. The van der Waals surface area contributed by atoms with Crippen molar-refractivity contribution in [1.29, 1.82) is 0 Å². The predicted octanol–water partition coefficient (Wildman–Crippen LogP) is 6.60. The average molecular weight is 496 g/mol. The number of halogens is 1. The van der Waals surface area contributed by atoms with Gasteiger partial charge in [0.15, 0.2) is 0 Å². The lowest BCUT2D eigenvalue weighted by molar-refractivity contribution is 0.0897. The number of piperidine rings is 1. The second kappa shape index (κ2) is 9.46. The standard InChI is InChI=1S/C32H34FN3O/c1-21-20-36(17-16-32(21)15-14-22-6-2-5-9-28(22)32)25-12-10-23(18-25)26-7-3-4-8-27(26)31(37)35-30-19-24(33)11-13-29(30)34/h2-9,11,13-15,19,21,23,25H,10,12,16-18,20,34H2,1H3,(H,35,37)/t21-,23?,25?,32?/m0/s1. The van der Waals surface area contributed by atoms with E-state index in [0.29, 0.717) is 34.8 Å². The SMILES string of the molecule is C[C@H]1CN(C2CCC(c3ccccc3C(=O)Nc3cc(F)ccc3N)C2)CCC12C=Cc1ccccc12. The fourth-order valence-electron chi connectivity index (χ4n) is 7.01. The first-order valence-electron chi connectivity index (χ1n) is 13.4. The number of nitrogen functional groups attached to an aromatic ring is 1. The van der Waals surface area contributed by atoms with Crippen LogP contribution < -0.4 is 11.1 Å². The Morgan fingerprint density at radius 2 is 1.89 bits per heavy atom. The third kappa shape index (κ3) is 4.25. The summed E-state index contributed by atoms with van der Waals surface area (Å²) in [4.78, 5) is 15.9. The quantitative estimate of drug-likeness (QED) is 0.401. The Morgan fingerprint density at radius 3 is 2.76 bits per heavy atom. The number of hydrogen-bond acceptors (Lipinski definition) is 3. The van der Waals surface area contributed by atoms with E-state index >= 15 is 0 Å². The fourth-order valence-corrected chi connectivity index (χ4v) is 7.01. The maximum atomic E-state index is 13.7. The second-order valence-corrected chi connectivity index (χ2v) is 11.0. The number of allylic oxidation sites excluding steroid dienone is 1. The molecule has 1 saturated heterocycles. The first-order chi connectivity index (χ1) is 17.9. The lowest BCUT2D eigenvalue weighted by Gasteiger charge is -2.46. The van der Waals surface area contributed by atoms with Gasteiger partial charge in [0.25, 0.3) is 5.91 Å². The number of carbonyl (C=O) groups excluding carboxylic acids is 1. The maximum absolute atomic E-state index is 13.7. The van der Waals surface area contributed by atoms with Gasteiger partial charge < -0.3 is 16.0 Å². The predicted molar refractivity (Wildman–Crippen MR) is 148 cm³/mol. The van der Waals surface area contributed by atoms with E-state index in [1.54, 1.807) is 0 Å². The number of nitrogens with two attached hydrogens (primary N) is 1. The van der Waals surface area contributed by atoms with Gasteiger partial charge in [0, 0.05) is 23.6 Å². The molecule has 5 heteroatoms. The van der Waals surface area contributed by atoms with Gasteiger partial charge in [-0.1, -0.05) is 61.5 Å². The van der Waals surface area contributed by atoms with Gasteiger partial charge in [-0.25, -0.2) is 4.39 Å². The van der Waals surface area contributed by atoms with Crippen molar-refractivity contribution in [3.8, 4) is 0 Å². The summed E-state index contributed by atoms with van der Waals surface area (Å²) in [6.45, 7) is 4.60. The van der Waals surface area contributed by atoms with Crippen LogP contribution in [-0.2, 0) is 5.41 Å². The Labute approximate surface area is 218 Å². The van der Waals surface area contributed by atoms with Crippen molar-refractivity contribution < 1.29 is 9.18 Å². The molecule has 4 atom stereocenters. The summed E-state index contributed by atoms with van der Waals surface area (Å²) in [5, 5.41) is 2.83. The van der Waals surface area contributed by atoms with Crippen LogP contribution in [0.5, 0.6) is 0 Å². The minimum Gasteiger partial charge on any atom is -0.397 e. The Hall–Kier alpha value is -3.44. The molecule has 3 aromatic carbocycles. The average Bonchev–Trinajstić information content (AvgIpc) is 3.55. The van der Waals surface area contributed by atoms with E-state index in [1.807, 2.05) is 18.2 Å².